The Morgan fingerprint density at radius 3 is 2.45 bits per heavy atom. The van der Waals surface area contributed by atoms with Crippen LogP contribution in [0.15, 0.2) is 30.3 Å². The second-order valence-corrected chi connectivity index (χ2v) is 5.99. The van der Waals surface area contributed by atoms with Gasteiger partial charge in [-0.25, -0.2) is 4.79 Å². The number of ether oxygens (including phenoxy) is 1. The van der Waals surface area contributed by atoms with E-state index in [1.807, 2.05) is 35.2 Å². The van der Waals surface area contributed by atoms with Crippen LogP contribution in [-0.4, -0.2) is 35.8 Å². The van der Waals surface area contributed by atoms with Gasteiger partial charge in [0.05, 0.1) is 0 Å². The molecule has 1 aromatic carbocycles. The lowest BCUT2D eigenvalue weighted by atomic mass is 10.0. The average molecular weight is 275 g/mol. The van der Waals surface area contributed by atoms with Crippen molar-refractivity contribution < 1.29 is 14.6 Å². The van der Waals surface area contributed by atoms with Crippen molar-refractivity contribution in [1.29, 1.82) is 0 Å². The van der Waals surface area contributed by atoms with Gasteiger partial charge < -0.3 is 14.7 Å². The van der Waals surface area contributed by atoms with Gasteiger partial charge in [-0.2, -0.15) is 0 Å². The number of benzene rings is 1. The summed E-state index contributed by atoms with van der Waals surface area (Å²) in [6, 6.07) is 9.75. The van der Waals surface area contributed by atoms with Crippen LogP contribution in [0, 0.1) is 17.8 Å². The van der Waals surface area contributed by atoms with Crippen molar-refractivity contribution in [2.24, 2.45) is 17.8 Å². The molecule has 2 unspecified atom stereocenters. The van der Waals surface area contributed by atoms with E-state index in [0.29, 0.717) is 24.4 Å². The molecule has 2 fully saturated rings. The smallest absolute Gasteiger partial charge is 0.410 e. The SMILES string of the molecule is O=C(OCc1ccccc1)N1CC2CC(CO)CC2C1. The average Bonchev–Trinajstić information content (AvgIpc) is 3.04. The molecule has 0 bridgehead atoms. The molecule has 1 amide bonds. The third kappa shape index (κ3) is 2.80. The monoisotopic (exact) mass is 275 g/mol. The zero-order valence-corrected chi connectivity index (χ0v) is 11.6. The summed E-state index contributed by atoms with van der Waals surface area (Å²) in [4.78, 5) is 13.9. The van der Waals surface area contributed by atoms with Crippen LogP contribution in [0.1, 0.15) is 18.4 Å². The number of hydrogen-bond donors (Lipinski definition) is 1. The van der Waals surface area contributed by atoms with Crippen LogP contribution in [0.25, 0.3) is 0 Å². The van der Waals surface area contributed by atoms with E-state index in [4.69, 9.17) is 4.74 Å². The minimum Gasteiger partial charge on any atom is -0.445 e. The van der Waals surface area contributed by atoms with Crippen LogP contribution < -0.4 is 0 Å². The van der Waals surface area contributed by atoms with Crippen molar-refractivity contribution in [1.82, 2.24) is 4.90 Å². The molecule has 1 aliphatic carbocycles. The molecule has 4 heteroatoms. The molecule has 2 aliphatic rings. The van der Waals surface area contributed by atoms with E-state index in [2.05, 4.69) is 0 Å². The topological polar surface area (TPSA) is 49.8 Å². The Bertz CT molecular complexity index is 448. The molecule has 1 saturated heterocycles. The molecule has 1 N–H and O–H groups in total. The lowest BCUT2D eigenvalue weighted by Crippen LogP contribution is -2.30. The molecule has 2 atom stereocenters. The normalized spacial score (nSPS) is 28.4. The summed E-state index contributed by atoms with van der Waals surface area (Å²) in [5, 5.41) is 9.20. The van der Waals surface area contributed by atoms with E-state index >= 15 is 0 Å². The standard InChI is InChI=1S/C16H21NO3/c18-10-13-6-14-8-17(9-15(14)7-13)16(19)20-11-12-4-2-1-3-5-12/h1-5,13-15,18H,6-11H2. The summed E-state index contributed by atoms with van der Waals surface area (Å²) in [6.07, 6.45) is 1.89. The Kier molecular flexibility index (Phi) is 3.92. The number of nitrogens with zero attached hydrogens (tertiary/aromatic N) is 1. The maximum absolute atomic E-state index is 12.1. The van der Waals surface area contributed by atoms with E-state index in [1.165, 1.54) is 0 Å². The van der Waals surface area contributed by atoms with Crippen molar-refractivity contribution in [3.05, 3.63) is 35.9 Å². The number of aliphatic hydroxyl groups excluding tert-OH is 1. The highest BCUT2D eigenvalue weighted by molar-refractivity contribution is 5.68. The number of aliphatic hydroxyl groups is 1. The first-order chi connectivity index (χ1) is 9.76. The first-order valence-electron chi connectivity index (χ1n) is 7.32. The number of likely N-dealkylation sites (tertiary alicyclic amines) is 1. The molecule has 1 heterocycles. The number of rotatable bonds is 3. The predicted molar refractivity (Wildman–Crippen MR) is 75.0 cm³/mol. The molecular weight excluding hydrogens is 254 g/mol. The largest absolute Gasteiger partial charge is 0.445 e. The second kappa shape index (κ2) is 5.83. The fourth-order valence-electron chi connectivity index (χ4n) is 3.53. The first-order valence-corrected chi connectivity index (χ1v) is 7.32. The van der Waals surface area contributed by atoms with Gasteiger partial charge in [-0.1, -0.05) is 30.3 Å². The van der Waals surface area contributed by atoms with Crippen molar-refractivity contribution in [3.63, 3.8) is 0 Å². The van der Waals surface area contributed by atoms with Crippen molar-refractivity contribution in [2.75, 3.05) is 19.7 Å². The minimum atomic E-state index is -0.205. The highest BCUT2D eigenvalue weighted by atomic mass is 16.6. The van der Waals surface area contributed by atoms with Crippen LogP contribution in [0.2, 0.25) is 0 Å². The van der Waals surface area contributed by atoms with Gasteiger partial charge in [-0.05, 0) is 36.2 Å². The Morgan fingerprint density at radius 2 is 1.85 bits per heavy atom. The molecule has 1 aliphatic heterocycles. The van der Waals surface area contributed by atoms with Gasteiger partial charge in [0.2, 0.25) is 0 Å². The highest BCUT2D eigenvalue weighted by Crippen LogP contribution is 2.41. The van der Waals surface area contributed by atoms with Gasteiger partial charge in [-0.3, -0.25) is 0 Å². The van der Waals surface area contributed by atoms with Crippen molar-refractivity contribution >= 4 is 6.09 Å². The number of carbonyl (C=O) groups excluding carboxylic acids is 1. The third-order valence-electron chi connectivity index (χ3n) is 4.57. The fraction of sp³-hybridized carbons (Fsp3) is 0.562. The molecule has 4 nitrogen and oxygen atoms in total. The molecule has 0 spiro atoms. The van der Waals surface area contributed by atoms with E-state index < -0.39 is 0 Å². The summed E-state index contributed by atoms with van der Waals surface area (Å²) in [5.41, 5.74) is 1.01. The third-order valence-corrected chi connectivity index (χ3v) is 4.57. The van der Waals surface area contributed by atoms with E-state index in [-0.39, 0.29) is 12.7 Å². The molecule has 0 aromatic heterocycles. The van der Waals surface area contributed by atoms with Gasteiger partial charge in [0.1, 0.15) is 6.61 Å². The van der Waals surface area contributed by atoms with Crippen LogP contribution >= 0.6 is 0 Å². The Labute approximate surface area is 119 Å². The van der Waals surface area contributed by atoms with Crippen LogP contribution in [0.4, 0.5) is 4.79 Å². The Hall–Kier alpha value is -1.55. The summed E-state index contributed by atoms with van der Waals surface area (Å²) in [5.74, 6) is 1.54. The lowest BCUT2D eigenvalue weighted by Gasteiger charge is -2.18. The Morgan fingerprint density at radius 1 is 1.20 bits per heavy atom. The van der Waals surface area contributed by atoms with Crippen molar-refractivity contribution in [3.8, 4) is 0 Å². The molecular formula is C16H21NO3. The van der Waals surface area contributed by atoms with Gasteiger partial charge in [0, 0.05) is 19.7 Å². The van der Waals surface area contributed by atoms with Crippen LogP contribution in [-0.2, 0) is 11.3 Å². The lowest BCUT2D eigenvalue weighted by molar-refractivity contribution is 0.100. The first kappa shape index (κ1) is 13.4. The highest BCUT2D eigenvalue weighted by Gasteiger charge is 2.42. The summed E-state index contributed by atoms with van der Waals surface area (Å²) in [6.45, 7) is 2.19. The van der Waals surface area contributed by atoms with Gasteiger partial charge in [0.25, 0.3) is 0 Å². The quantitative estimate of drug-likeness (QED) is 0.920. The summed E-state index contributed by atoms with van der Waals surface area (Å²) in [7, 11) is 0. The van der Waals surface area contributed by atoms with Gasteiger partial charge in [-0.15, -0.1) is 0 Å². The maximum atomic E-state index is 12.1. The molecule has 3 rings (SSSR count). The maximum Gasteiger partial charge on any atom is 0.410 e. The zero-order chi connectivity index (χ0) is 13.9. The van der Waals surface area contributed by atoms with E-state index in [9.17, 15) is 9.90 Å². The number of carbonyl (C=O) groups is 1. The predicted octanol–water partition coefficient (Wildman–Crippen LogP) is 2.27. The number of amides is 1. The molecule has 20 heavy (non-hydrogen) atoms. The summed E-state index contributed by atoms with van der Waals surface area (Å²) >= 11 is 0. The second-order valence-electron chi connectivity index (χ2n) is 5.99. The minimum absolute atomic E-state index is 0.205. The van der Waals surface area contributed by atoms with Crippen LogP contribution in [0.3, 0.4) is 0 Å². The van der Waals surface area contributed by atoms with Crippen molar-refractivity contribution in [2.45, 2.75) is 19.4 Å². The number of fused-ring (bicyclic) bond motifs is 1. The number of hydrogen-bond acceptors (Lipinski definition) is 3. The zero-order valence-electron chi connectivity index (χ0n) is 11.6. The Balaban J connectivity index is 1.48. The van der Waals surface area contributed by atoms with E-state index in [0.717, 1.165) is 31.5 Å². The van der Waals surface area contributed by atoms with Gasteiger partial charge >= 0.3 is 6.09 Å². The van der Waals surface area contributed by atoms with Crippen LogP contribution in [0.5, 0.6) is 0 Å². The van der Waals surface area contributed by atoms with Gasteiger partial charge in [0.15, 0.2) is 0 Å². The molecule has 1 aromatic rings. The molecule has 0 radical (unpaired) electrons. The molecule has 1 saturated carbocycles. The summed E-state index contributed by atoms with van der Waals surface area (Å²) < 4.78 is 5.37. The van der Waals surface area contributed by atoms with E-state index in [1.54, 1.807) is 0 Å². The molecule has 108 valence electrons. The fourth-order valence-corrected chi connectivity index (χ4v) is 3.53.